The number of benzene rings is 3. The fourth-order valence-electron chi connectivity index (χ4n) is 4.45. The molecule has 36 heavy (non-hydrogen) atoms. The van der Waals surface area contributed by atoms with Crippen LogP contribution in [0.4, 0.5) is 29.3 Å². The second-order valence-electron chi connectivity index (χ2n) is 8.82. The lowest BCUT2D eigenvalue weighted by molar-refractivity contribution is -0.137. The van der Waals surface area contributed by atoms with Gasteiger partial charge in [-0.05, 0) is 60.4 Å². The van der Waals surface area contributed by atoms with Crippen LogP contribution in [0.5, 0.6) is 0 Å². The highest BCUT2D eigenvalue weighted by molar-refractivity contribution is 5.97. The van der Waals surface area contributed by atoms with E-state index in [-0.39, 0.29) is 24.4 Å². The molecule has 1 N–H and O–H groups in total. The van der Waals surface area contributed by atoms with Crippen molar-refractivity contribution in [3.63, 3.8) is 0 Å². The quantitative estimate of drug-likeness (QED) is 0.398. The second kappa shape index (κ2) is 10.8. The zero-order valence-corrected chi connectivity index (χ0v) is 20.0. The topological polar surface area (TPSA) is 52.7 Å². The van der Waals surface area contributed by atoms with Gasteiger partial charge in [-0.1, -0.05) is 49.4 Å². The number of hydrogen-bond donors (Lipinski definition) is 1. The van der Waals surface area contributed by atoms with Crippen LogP contribution >= 0.6 is 0 Å². The van der Waals surface area contributed by atoms with E-state index in [0.717, 1.165) is 17.7 Å². The van der Waals surface area contributed by atoms with Crippen molar-refractivity contribution >= 4 is 23.3 Å². The maximum atomic E-state index is 13.1. The SMILES string of the molecule is CC[C@@H](C(=O)Nc1ccc(N2CCCN(Cc3cccc(C(F)(F)F)c3)C2=O)cc1)c1ccccc1. The summed E-state index contributed by atoms with van der Waals surface area (Å²) < 4.78 is 39.2. The fraction of sp³-hybridized carbons (Fsp3) is 0.286. The van der Waals surface area contributed by atoms with Crippen LogP contribution in [-0.2, 0) is 17.5 Å². The lowest BCUT2D eigenvalue weighted by Crippen LogP contribution is -2.49. The summed E-state index contributed by atoms with van der Waals surface area (Å²) in [5, 5.41) is 2.95. The van der Waals surface area contributed by atoms with E-state index in [1.807, 2.05) is 37.3 Å². The van der Waals surface area contributed by atoms with Crippen molar-refractivity contribution in [2.45, 2.75) is 38.4 Å². The molecule has 1 aliphatic heterocycles. The number of carbonyl (C=O) groups excluding carboxylic acids is 2. The fourth-order valence-corrected chi connectivity index (χ4v) is 4.45. The molecule has 5 nitrogen and oxygen atoms in total. The minimum atomic E-state index is -4.43. The first-order valence-corrected chi connectivity index (χ1v) is 11.9. The van der Waals surface area contributed by atoms with Crippen LogP contribution in [0.15, 0.2) is 78.9 Å². The van der Waals surface area contributed by atoms with E-state index in [4.69, 9.17) is 0 Å². The van der Waals surface area contributed by atoms with Gasteiger partial charge in [-0.25, -0.2) is 4.79 Å². The number of amides is 3. The zero-order chi connectivity index (χ0) is 25.7. The third-order valence-electron chi connectivity index (χ3n) is 6.31. The van der Waals surface area contributed by atoms with Crippen molar-refractivity contribution in [3.05, 3.63) is 95.6 Å². The summed E-state index contributed by atoms with van der Waals surface area (Å²) >= 11 is 0. The van der Waals surface area contributed by atoms with E-state index in [1.54, 1.807) is 40.1 Å². The van der Waals surface area contributed by atoms with Crippen molar-refractivity contribution in [1.82, 2.24) is 4.90 Å². The standard InChI is InChI=1S/C28H28F3N3O2/c1-2-25(21-9-4-3-5-10-21)26(35)32-23-12-14-24(15-13-23)34-17-7-16-33(27(34)36)19-20-8-6-11-22(18-20)28(29,30)31/h3-6,8-15,18,25H,2,7,16-17,19H2,1H3,(H,32,35)/t25-/m1/s1. The molecule has 3 amide bonds. The number of halogens is 3. The molecule has 1 atom stereocenters. The third kappa shape index (κ3) is 5.87. The second-order valence-corrected chi connectivity index (χ2v) is 8.82. The number of carbonyl (C=O) groups is 2. The molecule has 188 valence electrons. The number of nitrogens with zero attached hydrogens (tertiary/aromatic N) is 2. The lowest BCUT2D eigenvalue weighted by Gasteiger charge is -2.36. The molecule has 1 fully saturated rings. The Morgan fingerprint density at radius 1 is 0.972 bits per heavy atom. The molecule has 3 aromatic rings. The molecule has 8 heteroatoms. The molecule has 0 aromatic heterocycles. The number of hydrogen-bond acceptors (Lipinski definition) is 2. The van der Waals surface area contributed by atoms with Crippen LogP contribution < -0.4 is 10.2 Å². The normalized spacial score (nSPS) is 15.1. The Bertz CT molecular complexity index is 1200. The summed E-state index contributed by atoms with van der Waals surface area (Å²) in [6, 6.07) is 21.5. The zero-order valence-electron chi connectivity index (χ0n) is 20.0. The summed E-state index contributed by atoms with van der Waals surface area (Å²) in [7, 11) is 0. The van der Waals surface area contributed by atoms with Crippen molar-refractivity contribution < 1.29 is 22.8 Å². The minimum Gasteiger partial charge on any atom is -0.326 e. The van der Waals surface area contributed by atoms with Gasteiger partial charge in [0.25, 0.3) is 0 Å². The number of nitrogens with one attached hydrogen (secondary N) is 1. The minimum absolute atomic E-state index is 0.0993. The number of alkyl halides is 3. The Kier molecular flexibility index (Phi) is 7.62. The lowest BCUT2D eigenvalue weighted by atomic mass is 9.95. The number of urea groups is 1. The van der Waals surface area contributed by atoms with Crippen LogP contribution in [0.1, 0.15) is 42.4 Å². The van der Waals surface area contributed by atoms with Gasteiger partial charge in [-0.2, -0.15) is 13.2 Å². The van der Waals surface area contributed by atoms with E-state index in [2.05, 4.69) is 5.32 Å². The molecular weight excluding hydrogens is 467 g/mol. The molecule has 0 radical (unpaired) electrons. The maximum absolute atomic E-state index is 13.1. The monoisotopic (exact) mass is 495 g/mol. The molecule has 3 aromatic carbocycles. The van der Waals surface area contributed by atoms with Gasteiger partial charge in [0.1, 0.15) is 0 Å². The Labute approximate surface area is 208 Å². The largest absolute Gasteiger partial charge is 0.416 e. The number of rotatable bonds is 7. The van der Waals surface area contributed by atoms with Crippen molar-refractivity contribution in [2.75, 3.05) is 23.3 Å². The average Bonchev–Trinajstić information content (AvgIpc) is 2.87. The van der Waals surface area contributed by atoms with Crippen LogP contribution in [0.3, 0.4) is 0 Å². The molecule has 0 bridgehead atoms. The van der Waals surface area contributed by atoms with Gasteiger partial charge in [-0.15, -0.1) is 0 Å². The first-order chi connectivity index (χ1) is 17.3. The van der Waals surface area contributed by atoms with E-state index < -0.39 is 11.7 Å². The summed E-state index contributed by atoms with van der Waals surface area (Å²) in [6.07, 6.45) is -3.07. The number of anilines is 2. The Morgan fingerprint density at radius 3 is 2.36 bits per heavy atom. The Balaban J connectivity index is 1.42. The van der Waals surface area contributed by atoms with Gasteiger partial charge < -0.3 is 10.2 Å². The molecule has 0 aliphatic carbocycles. The third-order valence-corrected chi connectivity index (χ3v) is 6.31. The van der Waals surface area contributed by atoms with Crippen molar-refractivity contribution in [2.24, 2.45) is 0 Å². The highest BCUT2D eigenvalue weighted by Crippen LogP contribution is 2.30. The van der Waals surface area contributed by atoms with E-state index >= 15 is 0 Å². The van der Waals surface area contributed by atoms with Crippen LogP contribution in [0, 0.1) is 0 Å². The van der Waals surface area contributed by atoms with Gasteiger partial charge in [-0.3, -0.25) is 9.69 Å². The molecule has 0 saturated carbocycles. The first-order valence-electron chi connectivity index (χ1n) is 11.9. The molecular formula is C28H28F3N3O2. The summed E-state index contributed by atoms with van der Waals surface area (Å²) in [5.74, 6) is -0.364. The van der Waals surface area contributed by atoms with Crippen LogP contribution in [-0.4, -0.2) is 29.9 Å². The highest BCUT2D eigenvalue weighted by Gasteiger charge is 2.31. The summed E-state index contributed by atoms with van der Waals surface area (Å²) in [5.41, 5.74) is 1.96. The van der Waals surface area contributed by atoms with Gasteiger partial charge in [0.2, 0.25) is 5.91 Å². The molecule has 1 aliphatic rings. The van der Waals surface area contributed by atoms with Gasteiger partial charge in [0.05, 0.1) is 11.5 Å². The Hall–Kier alpha value is -3.81. The first kappa shape index (κ1) is 25.3. The van der Waals surface area contributed by atoms with E-state index in [0.29, 0.717) is 42.9 Å². The molecule has 1 saturated heterocycles. The van der Waals surface area contributed by atoms with E-state index in [9.17, 15) is 22.8 Å². The van der Waals surface area contributed by atoms with E-state index in [1.165, 1.54) is 6.07 Å². The molecule has 0 unspecified atom stereocenters. The molecule has 0 spiro atoms. The summed E-state index contributed by atoms with van der Waals surface area (Å²) in [6.45, 7) is 3.05. The smallest absolute Gasteiger partial charge is 0.326 e. The highest BCUT2D eigenvalue weighted by atomic mass is 19.4. The Morgan fingerprint density at radius 2 is 1.69 bits per heavy atom. The van der Waals surface area contributed by atoms with Gasteiger partial charge in [0, 0.05) is 31.0 Å². The molecule has 4 rings (SSSR count). The van der Waals surface area contributed by atoms with Crippen LogP contribution in [0.25, 0.3) is 0 Å². The molecule has 1 heterocycles. The van der Waals surface area contributed by atoms with Gasteiger partial charge >= 0.3 is 12.2 Å². The van der Waals surface area contributed by atoms with Crippen LogP contribution in [0.2, 0.25) is 0 Å². The van der Waals surface area contributed by atoms with Gasteiger partial charge in [0.15, 0.2) is 0 Å². The predicted molar refractivity (Wildman–Crippen MR) is 134 cm³/mol. The maximum Gasteiger partial charge on any atom is 0.416 e. The predicted octanol–water partition coefficient (Wildman–Crippen LogP) is 6.67. The van der Waals surface area contributed by atoms with Crippen molar-refractivity contribution in [1.29, 1.82) is 0 Å². The van der Waals surface area contributed by atoms with Crippen molar-refractivity contribution in [3.8, 4) is 0 Å². The summed E-state index contributed by atoms with van der Waals surface area (Å²) in [4.78, 5) is 29.1. The average molecular weight is 496 g/mol.